The third-order valence-electron chi connectivity index (χ3n) is 2.32. The molecular weight excluding hydrogens is 179 g/mol. The van der Waals surface area contributed by atoms with Crippen molar-refractivity contribution < 1.29 is 9.13 Å². The molecule has 1 rings (SSSR count). The van der Waals surface area contributed by atoms with E-state index in [1.165, 1.54) is 6.92 Å². The first-order valence-electron chi connectivity index (χ1n) is 5.32. The quantitative estimate of drug-likeness (QED) is 0.666. The lowest BCUT2D eigenvalue weighted by Gasteiger charge is -2.24. The van der Waals surface area contributed by atoms with Gasteiger partial charge in [0.25, 0.3) is 0 Å². The Morgan fingerprint density at radius 3 is 2.93 bits per heavy atom. The zero-order valence-electron chi connectivity index (χ0n) is 9.27. The summed E-state index contributed by atoms with van der Waals surface area (Å²) >= 11 is 0. The first kappa shape index (κ1) is 11.3. The second kappa shape index (κ2) is 5.18. The topological polar surface area (TPSA) is 9.23 Å². The molecule has 0 saturated heterocycles. The number of allylic oxidation sites excluding steroid dienone is 4. The van der Waals surface area contributed by atoms with Crippen LogP contribution in [0.2, 0.25) is 0 Å². The Bertz CT molecular complexity index is 249. The highest BCUT2D eigenvalue weighted by molar-refractivity contribution is 5.25. The van der Waals surface area contributed by atoms with Gasteiger partial charge in [-0.1, -0.05) is 13.8 Å². The number of hydrogen-bond donors (Lipinski definition) is 0. The summed E-state index contributed by atoms with van der Waals surface area (Å²) in [6.45, 7) is 6.50. The maximum absolute atomic E-state index is 12.8. The van der Waals surface area contributed by atoms with Crippen LogP contribution in [0, 0.1) is 5.92 Å². The van der Waals surface area contributed by atoms with Crippen LogP contribution in [-0.4, -0.2) is 6.61 Å². The van der Waals surface area contributed by atoms with Crippen LogP contribution in [0.3, 0.4) is 0 Å². The lowest BCUT2D eigenvalue weighted by Crippen LogP contribution is -2.14. The van der Waals surface area contributed by atoms with E-state index in [-0.39, 0.29) is 5.83 Å². The molecule has 1 nitrogen and oxygen atoms in total. The summed E-state index contributed by atoms with van der Waals surface area (Å²) in [5.41, 5.74) is 1.05. The van der Waals surface area contributed by atoms with Gasteiger partial charge in [-0.05, 0) is 37.3 Å². The highest BCUT2D eigenvalue weighted by Gasteiger charge is 2.17. The zero-order chi connectivity index (χ0) is 10.6. The molecule has 0 spiro atoms. The van der Waals surface area contributed by atoms with Crippen LogP contribution < -0.4 is 0 Å². The maximum atomic E-state index is 12.8. The fraction of sp³-hybridized carbons (Fsp3) is 0.667. The minimum atomic E-state index is -0.133. The lowest BCUT2D eigenvalue weighted by molar-refractivity contribution is 0.141. The standard InChI is InChI=1S/C12H19FO/c1-4-5-12-11(7-10(3)13)6-9(2)8-14-12/h7,9H,4-6,8H2,1-3H3/b10-7+. The molecule has 1 heterocycles. The van der Waals surface area contributed by atoms with Crippen LogP contribution in [0.25, 0.3) is 0 Å². The Kier molecular flexibility index (Phi) is 4.18. The Labute approximate surface area is 85.6 Å². The number of halogens is 1. The van der Waals surface area contributed by atoms with Gasteiger partial charge in [0.1, 0.15) is 0 Å². The second-order valence-electron chi connectivity index (χ2n) is 4.05. The number of rotatable bonds is 3. The maximum Gasteiger partial charge on any atom is 0.0992 e. The van der Waals surface area contributed by atoms with Crippen LogP contribution in [0.15, 0.2) is 23.2 Å². The molecular formula is C12H19FO. The highest BCUT2D eigenvalue weighted by atomic mass is 19.1. The Balaban J connectivity index is 2.82. The Morgan fingerprint density at radius 2 is 2.36 bits per heavy atom. The Hall–Kier alpha value is -0.790. The van der Waals surface area contributed by atoms with E-state index in [4.69, 9.17) is 4.74 Å². The molecule has 0 bridgehead atoms. The van der Waals surface area contributed by atoms with Gasteiger partial charge < -0.3 is 4.74 Å². The van der Waals surface area contributed by atoms with Crippen molar-refractivity contribution in [1.82, 2.24) is 0 Å². The van der Waals surface area contributed by atoms with E-state index in [1.54, 1.807) is 6.08 Å². The van der Waals surface area contributed by atoms with E-state index in [9.17, 15) is 4.39 Å². The summed E-state index contributed by atoms with van der Waals surface area (Å²) in [4.78, 5) is 0. The van der Waals surface area contributed by atoms with Crippen LogP contribution in [0.1, 0.15) is 40.0 Å². The van der Waals surface area contributed by atoms with Crippen LogP contribution in [0.5, 0.6) is 0 Å². The van der Waals surface area contributed by atoms with Crippen molar-refractivity contribution in [2.24, 2.45) is 5.92 Å². The second-order valence-corrected chi connectivity index (χ2v) is 4.05. The largest absolute Gasteiger partial charge is 0.497 e. The minimum absolute atomic E-state index is 0.133. The molecule has 0 amide bonds. The van der Waals surface area contributed by atoms with Crippen molar-refractivity contribution in [2.45, 2.75) is 40.0 Å². The first-order chi connectivity index (χ1) is 6.63. The van der Waals surface area contributed by atoms with Crippen LogP contribution >= 0.6 is 0 Å². The molecule has 0 fully saturated rings. The van der Waals surface area contributed by atoms with Crippen molar-refractivity contribution in [2.75, 3.05) is 6.61 Å². The van der Waals surface area contributed by atoms with Gasteiger partial charge in [-0.15, -0.1) is 0 Å². The average molecular weight is 198 g/mol. The van der Waals surface area contributed by atoms with Crippen molar-refractivity contribution in [1.29, 1.82) is 0 Å². The molecule has 0 N–H and O–H groups in total. The van der Waals surface area contributed by atoms with Crippen molar-refractivity contribution in [3.8, 4) is 0 Å². The van der Waals surface area contributed by atoms with Crippen molar-refractivity contribution in [3.63, 3.8) is 0 Å². The third-order valence-corrected chi connectivity index (χ3v) is 2.32. The van der Waals surface area contributed by atoms with Gasteiger partial charge in [0, 0.05) is 6.42 Å². The summed E-state index contributed by atoms with van der Waals surface area (Å²) in [6.07, 6.45) is 4.52. The highest BCUT2D eigenvalue weighted by Crippen LogP contribution is 2.28. The molecule has 0 saturated carbocycles. The zero-order valence-corrected chi connectivity index (χ0v) is 9.27. The molecule has 0 radical (unpaired) electrons. The molecule has 0 aromatic carbocycles. The summed E-state index contributed by atoms with van der Waals surface area (Å²) in [7, 11) is 0. The van der Waals surface area contributed by atoms with Gasteiger partial charge in [0.05, 0.1) is 18.2 Å². The lowest BCUT2D eigenvalue weighted by atomic mass is 9.96. The van der Waals surface area contributed by atoms with E-state index >= 15 is 0 Å². The summed E-state index contributed by atoms with van der Waals surface area (Å²) in [5, 5.41) is 0. The molecule has 2 heteroatoms. The van der Waals surface area contributed by atoms with E-state index in [0.29, 0.717) is 5.92 Å². The summed E-state index contributed by atoms with van der Waals surface area (Å²) in [5.74, 6) is 1.36. The van der Waals surface area contributed by atoms with Gasteiger partial charge in [-0.2, -0.15) is 0 Å². The third kappa shape index (κ3) is 3.17. The fourth-order valence-corrected chi connectivity index (χ4v) is 1.72. The summed E-state index contributed by atoms with van der Waals surface area (Å²) in [6, 6.07) is 0. The fourth-order valence-electron chi connectivity index (χ4n) is 1.72. The molecule has 14 heavy (non-hydrogen) atoms. The number of ether oxygens (including phenoxy) is 1. The molecule has 0 aliphatic carbocycles. The first-order valence-corrected chi connectivity index (χ1v) is 5.32. The molecule has 1 atom stereocenters. The van der Waals surface area contributed by atoms with Crippen molar-refractivity contribution >= 4 is 0 Å². The van der Waals surface area contributed by atoms with Gasteiger partial charge in [0.15, 0.2) is 0 Å². The predicted octanol–water partition coefficient (Wildman–Crippen LogP) is 3.97. The molecule has 1 aliphatic heterocycles. The summed E-state index contributed by atoms with van der Waals surface area (Å²) < 4.78 is 18.4. The predicted molar refractivity (Wildman–Crippen MR) is 56.5 cm³/mol. The van der Waals surface area contributed by atoms with E-state index in [1.807, 2.05) is 0 Å². The molecule has 1 aliphatic rings. The van der Waals surface area contributed by atoms with Gasteiger partial charge in [-0.3, -0.25) is 0 Å². The minimum Gasteiger partial charge on any atom is -0.497 e. The smallest absolute Gasteiger partial charge is 0.0992 e. The van der Waals surface area contributed by atoms with Crippen LogP contribution in [-0.2, 0) is 4.74 Å². The number of hydrogen-bond acceptors (Lipinski definition) is 1. The van der Waals surface area contributed by atoms with Gasteiger partial charge in [-0.25, -0.2) is 4.39 Å². The molecule has 0 aromatic heterocycles. The van der Waals surface area contributed by atoms with E-state index in [0.717, 1.165) is 37.2 Å². The Morgan fingerprint density at radius 1 is 1.64 bits per heavy atom. The molecule has 0 aromatic rings. The molecule has 1 unspecified atom stereocenters. The SMILES string of the molecule is CCCC1=C(/C=C(\C)F)CC(C)CO1. The average Bonchev–Trinajstić information content (AvgIpc) is 2.09. The molecule has 80 valence electrons. The monoisotopic (exact) mass is 198 g/mol. The van der Waals surface area contributed by atoms with Gasteiger partial charge >= 0.3 is 0 Å². The normalized spacial score (nSPS) is 23.7. The van der Waals surface area contributed by atoms with Crippen molar-refractivity contribution in [3.05, 3.63) is 23.2 Å². The van der Waals surface area contributed by atoms with Crippen LogP contribution in [0.4, 0.5) is 4.39 Å². The van der Waals surface area contributed by atoms with Gasteiger partial charge in [0.2, 0.25) is 0 Å². The van der Waals surface area contributed by atoms with E-state index in [2.05, 4.69) is 13.8 Å². The van der Waals surface area contributed by atoms with E-state index < -0.39 is 0 Å².